The Kier molecular flexibility index (Phi) is 5.29. The van der Waals surface area contributed by atoms with E-state index in [1.165, 1.54) is 12.0 Å². The van der Waals surface area contributed by atoms with Crippen LogP contribution in [-0.4, -0.2) is 37.1 Å². The first-order chi connectivity index (χ1) is 7.20. The van der Waals surface area contributed by atoms with Crippen molar-refractivity contribution in [2.24, 2.45) is 0 Å². The first-order valence-electron chi connectivity index (χ1n) is 5.48. The summed E-state index contributed by atoms with van der Waals surface area (Å²) in [4.78, 5) is 6.32. The Balaban J connectivity index is 2.22. The molecular formula is C12H21N3. The van der Waals surface area contributed by atoms with Crippen molar-refractivity contribution < 1.29 is 0 Å². The Morgan fingerprint density at radius 1 is 1.47 bits per heavy atom. The van der Waals surface area contributed by atoms with Crippen LogP contribution < -0.4 is 5.32 Å². The number of nitrogens with zero attached hydrogens (tertiary/aromatic N) is 2. The number of hydrogen-bond acceptors (Lipinski definition) is 3. The summed E-state index contributed by atoms with van der Waals surface area (Å²) in [6, 6.07) is 4.48. The van der Waals surface area contributed by atoms with Gasteiger partial charge in [0, 0.05) is 18.4 Å². The molecule has 1 N–H and O–H groups in total. The van der Waals surface area contributed by atoms with Gasteiger partial charge in [-0.1, -0.05) is 6.07 Å². The van der Waals surface area contributed by atoms with Crippen molar-refractivity contribution in [2.45, 2.75) is 19.4 Å². The second-order valence-corrected chi connectivity index (χ2v) is 4.12. The van der Waals surface area contributed by atoms with E-state index in [0.717, 1.165) is 13.1 Å². The molecule has 0 saturated heterocycles. The first-order valence-corrected chi connectivity index (χ1v) is 5.48. The lowest BCUT2D eigenvalue weighted by Gasteiger charge is -2.15. The summed E-state index contributed by atoms with van der Waals surface area (Å²) < 4.78 is 0. The fourth-order valence-electron chi connectivity index (χ4n) is 1.46. The third kappa shape index (κ3) is 4.91. The molecule has 1 atom stereocenters. The van der Waals surface area contributed by atoms with Crippen LogP contribution in [0.1, 0.15) is 24.9 Å². The molecule has 0 bridgehead atoms. The van der Waals surface area contributed by atoms with Crippen LogP contribution in [0.4, 0.5) is 0 Å². The molecule has 0 radical (unpaired) electrons. The molecule has 0 amide bonds. The summed E-state index contributed by atoms with van der Waals surface area (Å²) in [5, 5.41) is 3.49. The maximum Gasteiger partial charge on any atom is 0.0315 e. The number of pyridine rings is 1. The summed E-state index contributed by atoms with van der Waals surface area (Å²) in [5.41, 5.74) is 1.25. The van der Waals surface area contributed by atoms with E-state index in [-0.39, 0.29) is 0 Å². The second kappa shape index (κ2) is 6.53. The van der Waals surface area contributed by atoms with Crippen molar-refractivity contribution >= 4 is 0 Å². The van der Waals surface area contributed by atoms with Crippen LogP contribution >= 0.6 is 0 Å². The largest absolute Gasteiger partial charge is 0.310 e. The smallest absolute Gasteiger partial charge is 0.0315 e. The van der Waals surface area contributed by atoms with Crippen LogP contribution in [0.15, 0.2) is 24.5 Å². The highest BCUT2D eigenvalue weighted by molar-refractivity contribution is 5.12. The SMILES string of the molecule is CC(NCCCN(C)C)c1cccnc1. The van der Waals surface area contributed by atoms with E-state index in [1.807, 2.05) is 18.5 Å². The van der Waals surface area contributed by atoms with Crippen LogP contribution in [0.25, 0.3) is 0 Å². The van der Waals surface area contributed by atoms with E-state index in [2.05, 4.69) is 42.3 Å². The molecule has 0 aliphatic heterocycles. The Bertz CT molecular complexity index is 259. The molecular weight excluding hydrogens is 186 g/mol. The van der Waals surface area contributed by atoms with E-state index >= 15 is 0 Å². The molecule has 0 aliphatic rings. The molecule has 84 valence electrons. The van der Waals surface area contributed by atoms with Crippen molar-refractivity contribution in [3.05, 3.63) is 30.1 Å². The minimum Gasteiger partial charge on any atom is -0.310 e. The van der Waals surface area contributed by atoms with Crippen LogP contribution in [0.3, 0.4) is 0 Å². The molecule has 0 spiro atoms. The molecule has 0 aliphatic carbocycles. The van der Waals surface area contributed by atoms with Crippen molar-refractivity contribution in [2.75, 3.05) is 27.2 Å². The molecule has 15 heavy (non-hydrogen) atoms. The summed E-state index contributed by atoms with van der Waals surface area (Å²) in [5.74, 6) is 0. The van der Waals surface area contributed by atoms with Crippen LogP contribution in [0.2, 0.25) is 0 Å². The summed E-state index contributed by atoms with van der Waals surface area (Å²) in [7, 11) is 4.20. The van der Waals surface area contributed by atoms with Gasteiger partial charge in [0.25, 0.3) is 0 Å². The molecule has 1 unspecified atom stereocenters. The predicted octanol–water partition coefficient (Wildman–Crippen LogP) is 1.68. The van der Waals surface area contributed by atoms with E-state index in [9.17, 15) is 0 Å². The maximum atomic E-state index is 4.11. The highest BCUT2D eigenvalue weighted by Gasteiger charge is 2.03. The van der Waals surface area contributed by atoms with Crippen molar-refractivity contribution in [3.8, 4) is 0 Å². The van der Waals surface area contributed by atoms with Crippen molar-refractivity contribution in [3.63, 3.8) is 0 Å². The summed E-state index contributed by atoms with van der Waals surface area (Å²) >= 11 is 0. The van der Waals surface area contributed by atoms with Gasteiger partial charge in [0.15, 0.2) is 0 Å². The molecule has 0 aromatic carbocycles. The highest BCUT2D eigenvalue weighted by atomic mass is 15.1. The Hall–Kier alpha value is -0.930. The van der Waals surface area contributed by atoms with Crippen LogP contribution in [0.5, 0.6) is 0 Å². The van der Waals surface area contributed by atoms with Gasteiger partial charge in [-0.2, -0.15) is 0 Å². The Morgan fingerprint density at radius 2 is 2.27 bits per heavy atom. The predicted molar refractivity (Wildman–Crippen MR) is 63.8 cm³/mol. The van der Waals surface area contributed by atoms with Gasteiger partial charge in [0.1, 0.15) is 0 Å². The molecule has 1 heterocycles. The summed E-state index contributed by atoms with van der Waals surface area (Å²) in [6.07, 6.45) is 4.91. The highest BCUT2D eigenvalue weighted by Crippen LogP contribution is 2.09. The topological polar surface area (TPSA) is 28.2 Å². The third-order valence-electron chi connectivity index (χ3n) is 2.42. The van der Waals surface area contributed by atoms with Gasteiger partial charge in [0.05, 0.1) is 0 Å². The zero-order chi connectivity index (χ0) is 11.1. The summed E-state index contributed by atoms with van der Waals surface area (Å²) in [6.45, 7) is 4.35. The quantitative estimate of drug-likeness (QED) is 0.719. The van der Waals surface area contributed by atoms with E-state index in [1.54, 1.807) is 0 Å². The first kappa shape index (κ1) is 12.1. The number of nitrogens with one attached hydrogen (secondary N) is 1. The molecule has 3 heteroatoms. The molecule has 0 saturated carbocycles. The van der Waals surface area contributed by atoms with Crippen LogP contribution in [-0.2, 0) is 0 Å². The number of hydrogen-bond donors (Lipinski definition) is 1. The van der Waals surface area contributed by atoms with Crippen molar-refractivity contribution in [1.29, 1.82) is 0 Å². The van der Waals surface area contributed by atoms with Gasteiger partial charge in [0.2, 0.25) is 0 Å². The minimum absolute atomic E-state index is 0.390. The van der Waals surface area contributed by atoms with E-state index in [4.69, 9.17) is 0 Å². The average Bonchev–Trinajstić information content (AvgIpc) is 2.25. The third-order valence-corrected chi connectivity index (χ3v) is 2.42. The normalized spacial score (nSPS) is 13.1. The van der Waals surface area contributed by atoms with Gasteiger partial charge >= 0.3 is 0 Å². The zero-order valence-electron chi connectivity index (χ0n) is 9.90. The lowest BCUT2D eigenvalue weighted by atomic mass is 10.1. The number of aromatic nitrogens is 1. The maximum absolute atomic E-state index is 4.11. The standard InChI is InChI=1S/C12H21N3/c1-11(12-6-4-7-13-10-12)14-8-5-9-15(2)3/h4,6-7,10-11,14H,5,8-9H2,1-3H3. The van der Waals surface area contributed by atoms with E-state index in [0.29, 0.717) is 6.04 Å². The molecule has 3 nitrogen and oxygen atoms in total. The van der Waals surface area contributed by atoms with Crippen LogP contribution in [0, 0.1) is 0 Å². The minimum atomic E-state index is 0.390. The fraction of sp³-hybridized carbons (Fsp3) is 0.583. The Morgan fingerprint density at radius 3 is 2.87 bits per heavy atom. The van der Waals surface area contributed by atoms with Gasteiger partial charge in [-0.25, -0.2) is 0 Å². The zero-order valence-corrected chi connectivity index (χ0v) is 9.90. The van der Waals surface area contributed by atoms with Crippen molar-refractivity contribution in [1.82, 2.24) is 15.2 Å². The van der Waals surface area contributed by atoms with Gasteiger partial charge < -0.3 is 10.2 Å². The lowest BCUT2D eigenvalue weighted by Crippen LogP contribution is -2.23. The monoisotopic (exact) mass is 207 g/mol. The number of rotatable bonds is 6. The molecule has 1 aromatic heterocycles. The molecule has 0 fully saturated rings. The van der Waals surface area contributed by atoms with Gasteiger partial charge in [-0.05, 0) is 52.2 Å². The Labute approximate surface area is 92.5 Å². The fourth-order valence-corrected chi connectivity index (χ4v) is 1.46. The van der Waals surface area contributed by atoms with Gasteiger partial charge in [-0.3, -0.25) is 4.98 Å². The molecule has 1 rings (SSSR count). The molecule has 1 aromatic rings. The van der Waals surface area contributed by atoms with E-state index < -0.39 is 0 Å². The lowest BCUT2D eigenvalue weighted by molar-refractivity contribution is 0.389. The average molecular weight is 207 g/mol. The van der Waals surface area contributed by atoms with Gasteiger partial charge in [-0.15, -0.1) is 0 Å². The second-order valence-electron chi connectivity index (χ2n) is 4.12.